The van der Waals surface area contributed by atoms with Gasteiger partial charge in [-0.15, -0.1) is 11.3 Å². The van der Waals surface area contributed by atoms with E-state index in [-0.39, 0.29) is 17.2 Å². The lowest BCUT2D eigenvalue weighted by molar-refractivity contribution is 0.0731. The van der Waals surface area contributed by atoms with Crippen LogP contribution < -0.4 is 0 Å². The monoisotopic (exact) mass is 306 g/mol. The molecule has 2 aliphatic heterocycles. The lowest BCUT2D eigenvalue weighted by Gasteiger charge is -2.22. The lowest BCUT2D eigenvalue weighted by Crippen LogP contribution is -2.37. The van der Waals surface area contributed by atoms with Crippen LogP contribution in [0.5, 0.6) is 0 Å². The maximum atomic E-state index is 12.5. The molecule has 2 aromatic heterocycles. The number of amides is 1. The number of likely N-dealkylation sites (tertiary alicyclic amines) is 1. The maximum Gasteiger partial charge on any atom is 0.273 e. The minimum absolute atomic E-state index is 0.0405. The zero-order valence-corrected chi connectivity index (χ0v) is 12.3. The Hall–Kier alpha value is -1.80. The molecular formula is C13H14N4O3S. The minimum Gasteiger partial charge on any atom is -0.380 e. The Morgan fingerprint density at radius 2 is 2.48 bits per heavy atom. The van der Waals surface area contributed by atoms with Gasteiger partial charge in [0.05, 0.1) is 24.1 Å². The van der Waals surface area contributed by atoms with Crippen LogP contribution >= 0.6 is 11.3 Å². The normalized spacial score (nSPS) is 28.0. The molecule has 1 amide bonds. The second kappa shape index (κ2) is 4.60. The zero-order chi connectivity index (χ0) is 14.4. The summed E-state index contributed by atoms with van der Waals surface area (Å²) in [6.45, 7) is 4.09. The van der Waals surface area contributed by atoms with Gasteiger partial charge in [-0.25, -0.2) is 4.98 Å². The Bertz CT molecular complexity index is 671. The van der Waals surface area contributed by atoms with Crippen LogP contribution in [0.1, 0.15) is 22.2 Å². The average Bonchev–Trinajstić information content (AvgIpc) is 3.21. The molecule has 8 heteroatoms. The second-order valence-corrected chi connectivity index (χ2v) is 6.29. The van der Waals surface area contributed by atoms with Gasteiger partial charge >= 0.3 is 0 Å². The van der Waals surface area contributed by atoms with Gasteiger partial charge in [0.1, 0.15) is 5.69 Å². The number of rotatable bonds is 2. The number of carbonyl (C=O) groups is 1. The molecule has 0 N–H and O–H groups in total. The summed E-state index contributed by atoms with van der Waals surface area (Å²) in [4.78, 5) is 22.8. The molecule has 4 heterocycles. The zero-order valence-electron chi connectivity index (χ0n) is 11.5. The van der Waals surface area contributed by atoms with E-state index in [4.69, 9.17) is 9.26 Å². The standard InChI is InChI=1S/C13H14N4O3S/c1-8-15-12(20-16-8)13-5-17(2-9(13)3-19-6-13)11(18)10-4-21-7-14-10/h4,7,9H,2-3,5-6H2,1H3/t9-,13-/m0/s1. The van der Waals surface area contributed by atoms with Gasteiger partial charge in [-0.05, 0) is 6.92 Å². The topological polar surface area (TPSA) is 81.4 Å². The highest BCUT2D eigenvalue weighted by atomic mass is 32.1. The Morgan fingerprint density at radius 3 is 3.19 bits per heavy atom. The molecule has 0 spiro atoms. The van der Waals surface area contributed by atoms with Gasteiger partial charge < -0.3 is 14.2 Å². The first-order valence-corrected chi connectivity index (χ1v) is 7.69. The Morgan fingerprint density at radius 1 is 1.57 bits per heavy atom. The van der Waals surface area contributed by atoms with Gasteiger partial charge in [0.25, 0.3) is 5.91 Å². The number of hydrogen-bond acceptors (Lipinski definition) is 7. The van der Waals surface area contributed by atoms with Crippen molar-refractivity contribution in [3.05, 3.63) is 28.3 Å². The number of thiazole rings is 1. The molecule has 0 radical (unpaired) electrons. The van der Waals surface area contributed by atoms with Gasteiger partial charge in [0.2, 0.25) is 5.89 Å². The highest BCUT2D eigenvalue weighted by Gasteiger charge is 2.56. The van der Waals surface area contributed by atoms with Crippen molar-refractivity contribution in [2.45, 2.75) is 12.3 Å². The van der Waals surface area contributed by atoms with Crippen molar-refractivity contribution < 1.29 is 14.1 Å². The summed E-state index contributed by atoms with van der Waals surface area (Å²) in [6, 6.07) is 0. The number of hydrogen-bond donors (Lipinski definition) is 0. The van der Waals surface area contributed by atoms with Crippen LogP contribution in [0.15, 0.2) is 15.4 Å². The number of fused-ring (bicyclic) bond motifs is 1. The number of aromatic nitrogens is 3. The average molecular weight is 306 g/mol. The van der Waals surface area contributed by atoms with Crippen LogP contribution in [0.4, 0.5) is 0 Å². The molecule has 2 aromatic rings. The quantitative estimate of drug-likeness (QED) is 0.819. The highest BCUT2D eigenvalue weighted by molar-refractivity contribution is 7.07. The fourth-order valence-corrected chi connectivity index (χ4v) is 3.70. The summed E-state index contributed by atoms with van der Waals surface area (Å²) in [5.74, 6) is 1.34. The fourth-order valence-electron chi connectivity index (χ4n) is 3.17. The summed E-state index contributed by atoms with van der Waals surface area (Å²) in [5, 5.41) is 5.65. The van der Waals surface area contributed by atoms with Gasteiger partial charge in [-0.1, -0.05) is 5.16 Å². The SMILES string of the molecule is Cc1noc([C@@]23COC[C@@H]2CN(C(=O)c2cscn2)C3)n1. The van der Waals surface area contributed by atoms with Crippen molar-refractivity contribution in [3.63, 3.8) is 0 Å². The number of nitrogens with zero attached hydrogens (tertiary/aromatic N) is 4. The van der Waals surface area contributed by atoms with E-state index in [0.29, 0.717) is 43.7 Å². The largest absolute Gasteiger partial charge is 0.380 e. The van der Waals surface area contributed by atoms with Crippen molar-refractivity contribution in [2.75, 3.05) is 26.3 Å². The summed E-state index contributed by atoms with van der Waals surface area (Å²) in [5.41, 5.74) is 1.80. The molecule has 0 aliphatic carbocycles. The predicted octanol–water partition coefficient (Wildman–Crippen LogP) is 0.875. The van der Waals surface area contributed by atoms with Crippen LogP contribution in [0.25, 0.3) is 0 Å². The van der Waals surface area contributed by atoms with Gasteiger partial charge in [-0.3, -0.25) is 4.79 Å². The van der Waals surface area contributed by atoms with E-state index in [1.165, 1.54) is 11.3 Å². The van der Waals surface area contributed by atoms with Gasteiger partial charge in [0, 0.05) is 24.4 Å². The van der Waals surface area contributed by atoms with Crippen molar-refractivity contribution >= 4 is 17.2 Å². The Kier molecular flexibility index (Phi) is 2.83. The van der Waals surface area contributed by atoms with Crippen LogP contribution in [0.3, 0.4) is 0 Å². The van der Waals surface area contributed by atoms with Crippen LogP contribution in [-0.2, 0) is 10.2 Å². The van der Waals surface area contributed by atoms with Crippen LogP contribution in [-0.4, -0.2) is 52.2 Å². The summed E-state index contributed by atoms with van der Waals surface area (Å²) >= 11 is 1.42. The van der Waals surface area contributed by atoms with E-state index < -0.39 is 0 Å². The van der Waals surface area contributed by atoms with E-state index in [9.17, 15) is 4.79 Å². The first-order valence-electron chi connectivity index (χ1n) is 6.75. The molecule has 2 aliphatic rings. The molecule has 110 valence electrons. The van der Waals surface area contributed by atoms with E-state index >= 15 is 0 Å². The summed E-state index contributed by atoms with van der Waals surface area (Å²) in [6.07, 6.45) is 0. The molecule has 2 fully saturated rings. The third kappa shape index (κ3) is 1.90. The van der Waals surface area contributed by atoms with Crippen molar-refractivity contribution in [2.24, 2.45) is 5.92 Å². The second-order valence-electron chi connectivity index (χ2n) is 5.57. The molecular weight excluding hydrogens is 292 g/mol. The first kappa shape index (κ1) is 12.9. The fraction of sp³-hybridized carbons (Fsp3) is 0.538. The molecule has 7 nitrogen and oxygen atoms in total. The highest BCUT2D eigenvalue weighted by Crippen LogP contribution is 2.43. The van der Waals surface area contributed by atoms with E-state index in [0.717, 1.165) is 0 Å². The van der Waals surface area contributed by atoms with Gasteiger partial charge in [0.15, 0.2) is 5.82 Å². The van der Waals surface area contributed by atoms with Crippen LogP contribution in [0, 0.1) is 12.8 Å². The van der Waals surface area contributed by atoms with E-state index in [1.807, 2.05) is 4.90 Å². The number of aryl methyl sites for hydroxylation is 1. The third-order valence-electron chi connectivity index (χ3n) is 4.27. The molecule has 2 saturated heterocycles. The summed E-state index contributed by atoms with van der Waals surface area (Å²) < 4.78 is 11.0. The lowest BCUT2D eigenvalue weighted by atomic mass is 9.81. The van der Waals surface area contributed by atoms with E-state index in [1.54, 1.807) is 17.8 Å². The molecule has 0 bridgehead atoms. The number of carbonyl (C=O) groups excluding carboxylic acids is 1. The predicted molar refractivity (Wildman–Crippen MR) is 73.0 cm³/mol. The maximum absolute atomic E-state index is 12.5. The Balaban J connectivity index is 1.65. The van der Waals surface area contributed by atoms with E-state index in [2.05, 4.69) is 15.1 Å². The molecule has 0 aromatic carbocycles. The van der Waals surface area contributed by atoms with Crippen molar-refractivity contribution in [1.82, 2.24) is 20.0 Å². The van der Waals surface area contributed by atoms with Crippen molar-refractivity contribution in [1.29, 1.82) is 0 Å². The molecule has 0 saturated carbocycles. The number of ether oxygens (including phenoxy) is 1. The smallest absolute Gasteiger partial charge is 0.273 e. The van der Waals surface area contributed by atoms with Crippen molar-refractivity contribution in [3.8, 4) is 0 Å². The van der Waals surface area contributed by atoms with Crippen LogP contribution in [0.2, 0.25) is 0 Å². The van der Waals surface area contributed by atoms with Gasteiger partial charge in [-0.2, -0.15) is 4.98 Å². The Labute approximate surface area is 124 Å². The molecule has 4 rings (SSSR count). The third-order valence-corrected chi connectivity index (χ3v) is 4.85. The minimum atomic E-state index is -0.368. The molecule has 0 unspecified atom stereocenters. The molecule has 2 atom stereocenters. The molecule has 21 heavy (non-hydrogen) atoms. The summed E-state index contributed by atoms with van der Waals surface area (Å²) in [7, 11) is 0. The first-order chi connectivity index (χ1) is 10.2.